The molecule has 1 atom stereocenters. The van der Waals surface area contributed by atoms with Gasteiger partial charge in [-0.1, -0.05) is 26.0 Å². The topological polar surface area (TPSA) is 63.3 Å². The average Bonchev–Trinajstić information content (AvgIpc) is 2.14. The van der Waals surface area contributed by atoms with Gasteiger partial charge >= 0.3 is 5.97 Å². The van der Waals surface area contributed by atoms with Crippen molar-refractivity contribution < 1.29 is 14.3 Å². The molecule has 0 saturated carbocycles. The molecule has 0 aliphatic rings. The summed E-state index contributed by atoms with van der Waals surface area (Å²) < 4.78 is 13.0. The van der Waals surface area contributed by atoms with Crippen LogP contribution in [0, 0.1) is 11.2 Å². The van der Waals surface area contributed by atoms with Crippen molar-refractivity contribution in [2.75, 3.05) is 0 Å². The van der Waals surface area contributed by atoms with Crippen LogP contribution in [0.1, 0.15) is 31.9 Å². The predicted molar refractivity (Wildman–Crippen MR) is 59.4 cm³/mol. The number of rotatable bonds is 4. The van der Waals surface area contributed by atoms with Gasteiger partial charge in [-0.15, -0.1) is 0 Å². The van der Waals surface area contributed by atoms with Gasteiger partial charge in [-0.2, -0.15) is 0 Å². The Labute approximate surface area is 94.1 Å². The Balaban J connectivity index is 2.92. The van der Waals surface area contributed by atoms with E-state index >= 15 is 0 Å². The van der Waals surface area contributed by atoms with Crippen LogP contribution in [-0.2, 0) is 4.79 Å². The predicted octanol–water partition coefficient (Wildman–Crippen LogP) is 2.33. The molecule has 0 heterocycles. The summed E-state index contributed by atoms with van der Waals surface area (Å²) >= 11 is 0. The minimum atomic E-state index is -0.906. The zero-order valence-corrected chi connectivity index (χ0v) is 9.40. The molecule has 4 heteroatoms. The van der Waals surface area contributed by atoms with Gasteiger partial charge in [0.15, 0.2) is 0 Å². The molecule has 1 unspecified atom stereocenters. The molecule has 3 N–H and O–H groups in total. The van der Waals surface area contributed by atoms with Gasteiger partial charge in [0.25, 0.3) is 0 Å². The second-order valence-electron chi connectivity index (χ2n) is 4.59. The molecule has 0 spiro atoms. The maximum atomic E-state index is 13.0. The molecule has 1 rings (SSSR count). The number of hydrogen-bond acceptors (Lipinski definition) is 2. The maximum Gasteiger partial charge on any atom is 0.303 e. The fourth-order valence-corrected chi connectivity index (χ4v) is 1.65. The average molecular weight is 225 g/mol. The zero-order valence-electron chi connectivity index (χ0n) is 9.40. The molecule has 16 heavy (non-hydrogen) atoms. The first-order valence-electron chi connectivity index (χ1n) is 5.06. The number of aliphatic carboxylic acids is 1. The van der Waals surface area contributed by atoms with Gasteiger partial charge in [0.2, 0.25) is 0 Å². The summed E-state index contributed by atoms with van der Waals surface area (Å²) in [6, 6.07) is 5.45. The van der Waals surface area contributed by atoms with Crippen LogP contribution in [0.15, 0.2) is 24.3 Å². The minimum Gasteiger partial charge on any atom is -0.481 e. The molecule has 0 aliphatic heterocycles. The molecule has 0 aliphatic carbocycles. The van der Waals surface area contributed by atoms with E-state index < -0.39 is 17.4 Å². The van der Waals surface area contributed by atoms with Crippen LogP contribution in [-0.4, -0.2) is 11.1 Å². The van der Waals surface area contributed by atoms with E-state index in [4.69, 9.17) is 10.8 Å². The first-order chi connectivity index (χ1) is 7.33. The van der Waals surface area contributed by atoms with Crippen LogP contribution in [0.3, 0.4) is 0 Å². The molecule has 0 aromatic heterocycles. The van der Waals surface area contributed by atoms with Crippen molar-refractivity contribution >= 4 is 5.97 Å². The van der Waals surface area contributed by atoms with Crippen LogP contribution in [0.25, 0.3) is 0 Å². The van der Waals surface area contributed by atoms with Crippen LogP contribution in [0.4, 0.5) is 4.39 Å². The first-order valence-corrected chi connectivity index (χ1v) is 5.06. The van der Waals surface area contributed by atoms with Gasteiger partial charge in [0.05, 0.1) is 6.42 Å². The number of carbonyl (C=O) groups is 1. The summed E-state index contributed by atoms with van der Waals surface area (Å²) in [5.41, 5.74) is 5.97. The quantitative estimate of drug-likeness (QED) is 0.826. The number of nitrogens with two attached hydrogens (primary N) is 1. The van der Waals surface area contributed by atoms with Gasteiger partial charge in [-0.05, 0) is 23.1 Å². The van der Waals surface area contributed by atoms with Gasteiger partial charge in [-0.25, -0.2) is 4.39 Å². The van der Waals surface area contributed by atoms with E-state index in [-0.39, 0.29) is 12.2 Å². The smallest absolute Gasteiger partial charge is 0.303 e. The number of benzene rings is 1. The standard InChI is InChI=1S/C12H16FNO2/c1-12(2,7-10(15)16)11(14)8-4-3-5-9(13)6-8/h3-6,11H,7,14H2,1-2H3,(H,15,16). The fraction of sp³-hybridized carbons (Fsp3) is 0.417. The summed E-state index contributed by atoms with van der Waals surface area (Å²) in [6.07, 6.45) is -0.0509. The SMILES string of the molecule is CC(C)(CC(=O)O)C(N)c1cccc(F)c1. The molecule has 1 aromatic carbocycles. The lowest BCUT2D eigenvalue weighted by molar-refractivity contribution is -0.139. The molecule has 1 aromatic rings. The Kier molecular flexibility index (Phi) is 3.65. The second kappa shape index (κ2) is 4.61. The zero-order chi connectivity index (χ0) is 12.3. The van der Waals surface area contributed by atoms with Crippen LogP contribution in [0.2, 0.25) is 0 Å². The summed E-state index contributed by atoms with van der Waals surface area (Å²) in [4.78, 5) is 10.7. The Morgan fingerprint density at radius 2 is 2.19 bits per heavy atom. The van der Waals surface area contributed by atoms with Crippen molar-refractivity contribution in [3.8, 4) is 0 Å². The summed E-state index contributed by atoms with van der Waals surface area (Å²) in [5, 5.41) is 8.77. The lowest BCUT2D eigenvalue weighted by Gasteiger charge is -2.30. The van der Waals surface area contributed by atoms with E-state index in [0.29, 0.717) is 5.56 Å². The van der Waals surface area contributed by atoms with Crippen molar-refractivity contribution in [1.29, 1.82) is 0 Å². The number of carboxylic acid groups (broad SMARTS) is 1. The highest BCUT2D eigenvalue weighted by molar-refractivity contribution is 5.67. The number of hydrogen-bond donors (Lipinski definition) is 2. The third-order valence-electron chi connectivity index (χ3n) is 2.66. The number of halogens is 1. The highest BCUT2D eigenvalue weighted by Gasteiger charge is 2.30. The highest BCUT2D eigenvalue weighted by atomic mass is 19.1. The van der Waals surface area contributed by atoms with Crippen molar-refractivity contribution in [2.24, 2.45) is 11.1 Å². The van der Waals surface area contributed by atoms with Crippen molar-refractivity contribution in [1.82, 2.24) is 0 Å². The Morgan fingerprint density at radius 1 is 1.56 bits per heavy atom. The lowest BCUT2D eigenvalue weighted by Crippen LogP contribution is -2.31. The highest BCUT2D eigenvalue weighted by Crippen LogP contribution is 2.34. The Hall–Kier alpha value is -1.42. The minimum absolute atomic E-state index is 0.0509. The molecule has 3 nitrogen and oxygen atoms in total. The van der Waals surface area contributed by atoms with Crippen molar-refractivity contribution in [3.63, 3.8) is 0 Å². The van der Waals surface area contributed by atoms with Crippen LogP contribution < -0.4 is 5.73 Å². The van der Waals surface area contributed by atoms with Gasteiger partial charge in [0.1, 0.15) is 5.82 Å². The van der Waals surface area contributed by atoms with E-state index in [0.717, 1.165) is 0 Å². The summed E-state index contributed by atoms with van der Waals surface area (Å²) in [7, 11) is 0. The molecule has 88 valence electrons. The fourth-order valence-electron chi connectivity index (χ4n) is 1.65. The Bertz CT molecular complexity index is 390. The van der Waals surface area contributed by atoms with Crippen molar-refractivity contribution in [3.05, 3.63) is 35.6 Å². The molecule has 0 bridgehead atoms. The molecular weight excluding hydrogens is 209 g/mol. The Morgan fingerprint density at radius 3 is 2.69 bits per heavy atom. The third kappa shape index (κ3) is 3.03. The van der Waals surface area contributed by atoms with Crippen molar-refractivity contribution in [2.45, 2.75) is 26.3 Å². The molecular formula is C12H16FNO2. The van der Waals surface area contributed by atoms with Gasteiger partial charge in [-0.3, -0.25) is 4.79 Å². The molecule has 0 fully saturated rings. The van der Waals surface area contributed by atoms with Crippen LogP contribution in [0.5, 0.6) is 0 Å². The van der Waals surface area contributed by atoms with Crippen LogP contribution >= 0.6 is 0 Å². The van der Waals surface area contributed by atoms with E-state index in [2.05, 4.69) is 0 Å². The van der Waals surface area contributed by atoms with E-state index in [9.17, 15) is 9.18 Å². The van der Waals surface area contributed by atoms with Gasteiger partial charge < -0.3 is 10.8 Å². The third-order valence-corrected chi connectivity index (χ3v) is 2.66. The maximum absolute atomic E-state index is 13.0. The van der Waals surface area contributed by atoms with E-state index in [1.165, 1.54) is 12.1 Å². The summed E-state index contributed by atoms with van der Waals surface area (Å²) in [6.45, 7) is 3.52. The van der Waals surface area contributed by atoms with E-state index in [1.807, 2.05) is 0 Å². The van der Waals surface area contributed by atoms with Gasteiger partial charge in [0, 0.05) is 6.04 Å². The lowest BCUT2D eigenvalue weighted by atomic mass is 9.78. The van der Waals surface area contributed by atoms with E-state index in [1.54, 1.807) is 26.0 Å². The molecule has 0 radical (unpaired) electrons. The monoisotopic (exact) mass is 225 g/mol. The second-order valence-corrected chi connectivity index (χ2v) is 4.59. The molecule has 0 amide bonds. The molecule has 0 saturated heterocycles. The normalized spacial score (nSPS) is 13.5. The number of carboxylic acids is 1. The summed E-state index contributed by atoms with van der Waals surface area (Å²) in [5.74, 6) is -1.27. The first kappa shape index (κ1) is 12.6. The largest absolute Gasteiger partial charge is 0.481 e.